The molecule has 2 aromatic rings. The Morgan fingerprint density at radius 2 is 1.81 bits per heavy atom. The number of aromatic nitrogens is 1. The van der Waals surface area contributed by atoms with E-state index in [2.05, 4.69) is 4.72 Å². The minimum Gasteiger partial charge on any atom is -0.343 e. The van der Waals surface area contributed by atoms with Crippen LogP contribution < -0.4 is 10.0 Å². The lowest BCUT2D eigenvalue weighted by atomic mass is 10.2. The van der Waals surface area contributed by atoms with Crippen LogP contribution in [0.4, 0.5) is 18.9 Å². The van der Waals surface area contributed by atoms with Crippen LogP contribution in [0.25, 0.3) is 0 Å². The molecule has 0 atom stereocenters. The zero-order valence-electron chi connectivity index (χ0n) is 13.9. The van der Waals surface area contributed by atoms with Crippen molar-refractivity contribution in [1.29, 1.82) is 0 Å². The number of halogens is 4. The highest BCUT2D eigenvalue weighted by Gasteiger charge is 2.29. The van der Waals surface area contributed by atoms with Gasteiger partial charge in [-0.05, 0) is 26.0 Å². The van der Waals surface area contributed by atoms with E-state index >= 15 is 0 Å². The molecule has 1 amide bonds. The Labute approximate surface area is 153 Å². The summed E-state index contributed by atoms with van der Waals surface area (Å²) in [4.78, 5) is 11.6. The van der Waals surface area contributed by atoms with Crippen molar-refractivity contribution in [2.24, 2.45) is 7.05 Å². The lowest BCUT2D eigenvalue weighted by Crippen LogP contribution is -2.30. The molecule has 0 aliphatic heterocycles. The van der Waals surface area contributed by atoms with Gasteiger partial charge in [0.2, 0.25) is 10.0 Å². The average molecular weight is 410 g/mol. The second-order valence-electron chi connectivity index (χ2n) is 5.72. The second kappa shape index (κ2) is 7.29. The molecule has 0 aliphatic carbocycles. The van der Waals surface area contributed by atoms with Crippen LogP contribution in [0.3, 0.4) is 0 Å². The largest absolute Gasteiger partial charge is 0.343 e. The summed E-state index contributed by atoms with van der Waals surface area (Å²) in [6.07, 6.45) is 0.920. The average Bonchev–Trinajstić information content (AvgIpc) is 2.82. The van der Waals surface area contributed by atoms with Gasteiger partial charge in [0.15, 0.2) is 11.6 Å². The van der Waals surface area contributed by atoms with Crippen molar-refractivity contribution in [2.75, 3.05) is 5.32 Å². The van der Waals surface area contributed by atoms with Crippen LogP contribution in [-0.4, -0.2) is 24.9 Å². The van der Waals surface area contributed by atoms with Gasteiger partial charge in [0.05, 0.1) is 5.69 Å². The number of amides is 1. The molecule has 0 radical (unpaired) electrons. The molecule has 2 N–H and O–H groups in total. The molecule has 0 spiro atoms. The lowest BCUT2D eigenvalue weighted by molar-refractivity contribution is 0.101. The minimum absolute atomic E-state index is 0.480. The Kier molecular flexibility index (Phi) is 5.69. The number of nitrogens with one attached hydrogen (secondary N) is 2. The topological polar surface area (TPSA) is 80.2 Å². The number of carbonyl (C=O) groups is 1. The maximum atomic E-state index is 14.6. The predicted molar refractivity (Wildman–Crippen MR) is 90.1 cm³/mol. The molecule has 142 valence electrons. The maximum absolute atomic E-state index is 14.6. The summed E-state index contributed by atoms with van der Waals surface area (Å²) in [6.45, 7) is 3.10. The third-order valence-corrected chi connectivity index (χ3v) is 5.26. The fourth-order valence-corrected chi connectivity index (χ4v) is 3.74. The van der Waals surface area contributed by atoms with Crippen LogP contribution in [0.1, 0.15) is 24.3 Å². The Bertz CT molecular complexity index is 974. The monoisotopic (exact) mass is 409 g/mol. The summed E-state index contributed by atoms with van der Waals surface area (Å²) in [7, 11) is -2.94. The summed E-state index contributed by atoms with van der Waals surface area (Å²) >= 11 is 5.42. The molecule has 0 aliphatic rings. The first-order valence-electron chi connectivity index (χ1n) is 7.27. The lowest BCUT2D eigenvalue weighted by Gasteiger charge is -2.09. The highest BCUT2D eigenvalue weighted by atomic mass is 35.5. The molecule has 0 saturated carbocycles. The Balaban J connectivity index is 2.41. The van der Waals surface area contributed by atoms with E-state index in [-0.39, 0.29) is 0 Å². The zero-order chi connectivity index (χ0) is 19.8. The highest BCUT2D eigenvalue weighted by molar-refractivity contribution is 7.89. The van der Waals surface area contributed by atoms with Crippen LogP contribution in [0.5, 0.6) is 0 Å². The molecule has 0 unspecified atom stereocenters. The van der Waals surface area contributed by atoms with Gasteiger partial charge < -0.3 is 9.88 Å². The molecular formula is C15H15ClF3N3O3S. The van der Waals surface area contributed by atoms with Gasteiger partial charge in [0.25, 0.3) is 5.91 Å². The number of hydrogen-bond acceptors (Lipinski definition) is 3. The Morgan fingerprint density at radius 3 is 2.38 bits per heavy atom. The molecule has 2 rings (SSSR count). The van der Waals surface area contributed by atoms with Crippen molar-refractivity contribution in [3.63, 3.8) is 0 Å². The molecule has 1 aromatic carbocycles. The smallest absolute Gasteiger partial charge is 0.275 e. The number of carbonyl (C=O) groups excluding carboxylic acids is 1. The second-order valence-corrected chi connectivity index (χ2v) is 7.78. The van der Waals surface area contributed by atoms with E-state index in [9.17, 15) is 26.4 Å². The summed E-state index contributed by atoms with van der Waals surface area (Å²) in [5.74, 6) is -4.69. The molecule has 26 heavy (non-hydrogen) atoms. The fourth-order valence-electron chi connectivity index (χ4n) is 2.19. The van der Waals surface area contributed by atoms with E-state index in [4.69, 9.17) is 11.6 Å². The first-order chi connectivity index (χ1) is 12.0. The van der Waals surface area contributed by atoms with Gasteiger partial charge in [-0.2, -0.15) is 0 Å². The van der Waals surface area contributed by atoms with E-state index in [0.29, 0.717) is 0 Å². The van der Waals surface area contributed by atoms with Crippen LogP contribution in [-0.2, 0) is 17.1 Å². The van der Waals surface area contributed by atoms with Gasteiger partial charge >= 0.3 is 0 Å². The van der Waals surface area contributed by atoms with Gasteiger partial charge in [-0.3, -0.25) is 4.79 Å². The molecule has 1 aromatic heterocycles. The van der Waals surface area contributed by atoms with Gasteiger partial charge in [-0.15, -0.1) is 0 Å². The van der Waals surface area contributed by atoms with E-state index in [1.807, 2.05) is 5.32 Å². The standard InChI is InChI=1S/C15H15ClF3N3O3S/c1-7(2)21-26(24,25)10-6-22(3)14(13(10)19)15(23)20-9-5-4-8(17)11(16)12(9)18/h4-7,21H,1-3H3,(H,20,23). The summed E-state index contributed by atoms with van der Waals surface area (Å²) < 4.78 is 69.0. The van der Waals surface area contributed by atoms with Crippen LogP contribution in [0, 0.1) is 17.5 Å². The van der Waals surface area contributed by atoms with E-state index in [1.54, 1.807) is 13.8 Å². The van der Waals surface area contributed by atoms with Gasteiger partial charge in [0.1, 0.15) is 21.4 Å². The molecule has 1 heterocycles. The van der Waals surface area contributed by atoms with E-state index in [1.165, 1.54) is 7.05 Å². The Hall–Kier alpha value is -2.04. The van der Waals surface area contributed by atoms with Crippen molar-refractivity contribution in [2.45, 2.75) is 24.8 Å². The van der Waals surface area contributed by atoms with E-state index < -0.39 is 60.7 Å². The first kappa shape index (κ1) is 20.3. The third kappa shape index (κ3) is 3.87. The maximum Gasteiger partial charge on any atom is 0.275 e. The van der Waals surface area contributed by atoms with E-state index in [0.717, 1.165) is 22.9 Å². The first-order valence-corrected chi connectivity index (χ1v) is 9.13. The fraction of sp³-hybridized carbons (Fsp3) is 0.267. The van der Waals surface area contributed by atoms with Gasteiger partial charge in [-0.1, -0.05) is 11.6 Å². The molecule has 0 fully saturated rings. The number of anilines is 1. The summed E-state index contributed by atoms with van der Waals surface area (Å²) in [5, 5.41) is 1.21. The van der Waals surface area contributed by atoms with Crippen molar-refractivity contribution in [1.82, 2.24) is 9.29 Å². The van der Waals surface area contributed by atoms with Crippen molar-refractivity contribution < 1.29 is 26.4 Å². The number of aryl methyl sites for hydroxylation is 1. The van der Waals surface area contributed by atoms with Crippen molar-refractivity contribution in [3.8, 4) is 0 Å². The summed E-state index contributed by atoms with van der Waals surface area (Å²) in [6, 6.07) is 1.24. The molecule has 0 bridgehead atoms. The number of benzene rings is 1. The SMILES string of the molecule is CC(C)NS(=O)(=O)c1cn(C)c(C(=O)Nc2ccc(F)c(Cl)c2F)c1F. The predicted octanol–water partition coefficient (Wildman–Crippen LogP) is 3.03. The molecule has 0 saturated heterocycles. The minimum atomic E-state index is -4.19. The summed E-state index contributed by atoms with van der Waals surface area (Å²) in [5.41, 5.74) is -1.12. The number of rotatable bonds is 5. The van der Waals surface area contributed by atoms with Crippen LogP contribution in [0.15, 0.2) is 23.2 Å². The normalized spacial score (nSPS) is 11.8. The molecule has 6 nitrogen and oxygen atoms in total. The number of sulfonamides is 1. The van der Waals surface area contributed by atoms with Crippen molar-refractivity contribution in [3.05, 3.63) is 46.5 Å². The number of hydrogen-bond donors (Lipinski definition) is 2. The van der Waals surface area contributed by atoms with Crippen molar-refractivity contribution >= 4 is 33.2 Å². The quantitative estimate of drug-likeness (QED) is 0.745. The Morgan fingerprint density at radius 1 is 1.19 bits per heavy atom. The highest BCUT2D eigenvalue weighted by Crippen LogP contribution is 2.27. The van der Waals surface area contributed by atoms with Crippen LogP contribution >= 0.6 is 11.6 Å². The number of nitrogens with zero attached hydrogens (tertiary/aromatic N) is 1. The van der Waals surface area contributed by atoms with Gasteiger partial charge in [-0.25, -0.2) is 26.3 Å². The zero-order valence-corrected chi connectivity index (χ0v) is 15.5. The van der Waals surface area contributed by atoms with Crippen LogP contribution in [0.2, 0.25) is 5.02 Å². The molecular weight excluding hydrogens is 395 g/mol. The third-order valence-electron chi connectivity index (χ3n) is 3.27. The van der Waals surface area contributed by atoms with Gasteiger partial charge in [0, 0.05) is 19.3 Å². The molecule has 11 heteroatoms.